The zero-order valence-corrected chi connectivity index (χ0v) is 15.6. The zero-order chi connectivity index (χ0) is 18.1. The van der Waals surface area contributed by atoms with Gasteiger partial charge in [0.05, 0.1) is 17.8 Å². The number of benzene rings is 1. The quantitative estimate of drug-likeness (QED) is 0.539. The first-order chi connectivity index (χ1) is 12.6. The molecule has 0 spiro atoms. The van der Waals surface area contributed by atoms with Crippen LogP contribution >= 0.6 is 11.8 Å². The van der Waals surface area contributed by atoms with Gasteiger partial charge in [-0.25, -0.2) is 4.79 Å². The van der Waals surface area contributed by atoms with Crippen molar-refractivity contribution in [1.82, 2.24) is 15.2 Å². The summed E-state index contributed by atoms with van der Waals surface area (Å²) in [4.78, 5) is 23.7. The molecule has 3 heterocycles. The first kappa shape index (κ1) is 17.3. The monoisotopic (exact) mass is 372 g/mol. The third-order valence-electron chi connectivity index (χ3n) is 5.28. The van der Waals surface area contributed by atoms with E-state index in [9.17, 15) is 9.59 Å². The van der Waals surface area contributed by atoms with Gasteiger partial charge in [0.1, 0.15) is 0 Å². The van der Waals surface area contributed by atoms with Gasteiger partial charge < -0.3 is 20.5 Å². The third kappa shape index (κ3) is 3.40. The van der Waals surface area contributed by atoms with Crippen LogP contribution in [0.1, 0.15) is 25.7 Å². The summed E-state index contributed by atoms with van der Waals surface area (Å²) in [6.45, 7) is 0. The van der Waals surface area contributed by atoms with Crippen LogP contribution in [0, 0.1) is 0 Å². The molecule has 2 aromatic rings. The standard InChI is InChI=1S/C19H24N4O2S/c1-23-10-9-12-13(5-4-6-15(12)23)20-17(24)8-3-2-7-16-18-14(11-26-16)21-19(25)22-18/h4-6,9-10,14,16,18H,2-3,7-8,11H2,1H3,(H,20,24)(H2,21,22,25)/t14-,16-,18-/m0/s1. The Bertz CT molecular complexity index is 834. The lowest BCUT2D eigenvalue weighted by Gasteiger charge is -2.16. The molecule has 1 aromatic heterocycles. The molecule has 2 aliphatic rings. The van der Waals surface area contributed by atoms with Crippen molar-refractivity contribution in [2.24, 2.45) is 7.05 Å². The lowest BCUT2D eigenvalue weighted by atomic mass is 10.0. The van der Waals surface area contributed by atoms with Crippen molar-refractivity contribution < 1.29 is 9.59 Å². The van der Waals surface area contributed by atoms with Gasteiger partial charge in [-0.15, -0.1) is 0 Å². The van der Waals surface area contributed by atoms with Gasteiger partial charge in [0, 0.05) is 41.6 Å². The molecule has 0 aliphatic carbocycles. The number of carbonyl (C=O) groups is 2. The SMILES string of the molecule is Cn1ccc2c(NC(=O)CCCC[C@@H]3SC[C@@H]4NC(=O)N[C@@H]43)cccc21. The van der Waals surface area contributed by atoms with Crippen molar-refractivity contribution in [3.63, 3.8) is 0 Å². The van der Waals surface area contributed by atoms with Crippen LogP contribution in [0.2, 0.25) is 0 Å². The Morgan fingerprint density at radius 1 is 1.31 bits per heavy atom. The molecule has 1 aromatic carbocycles. The van der Waals surface area contributed by atoms with E-state index < -0.39 is 0 Å². The number of thioether (sulfide) groups is 1. The summed E-state index contributed by atoms with van der Waals surface area (Å²) in [6, 6.07) is 8.47. The first-order valence-corrected chi connectivity index (χ1v) is 10.2. The molecule has 2 aliphatic heterocycles. The van der Waals surface area contributed by atoms with Crippen LogP contribution in [0.25, 0.3) is 10.9 Å². The van der Waals surface area contributed by atoms with Crippen LogP contribution in [-0.2, 0) is 11.8 Å². The fourth-order valence-electron chi connectivity index (χ4n) is 3.90. The van der Waals surface area contributed by atoms with Crippen LogP contribution in [0.15, 0.2) is 30.5 Å². The predicted octanol–water partition coefficient (Wildman–Crippen LogP) is 2.84. The molecule has 6 nitrogen and oxygen atoms in total. The van der Waals surface area contributed by atoms with E-state index in [1.165, 1.54) is 0 Å². The molecule has 0 radical (unpaired) electrons. The summed E-state index contributed by atoms with van der Waals surface area (Å²) in [7, 11) is 2.00. The van der Waals surface area contributed by atoms with Crippen molar-refractivity contribution in [2.75, 3.05) is 11.1 Å². The number of nitrogens with zero attached hydrogens (tertiary/aromatic N) is 1. The lowest BCUT2D eigenvalue weighted by Crippen LogP contribution is -2.36. The molecule has 0 unspecified atom stereocenters. The van der Waals surface area contributed by atoms with Crippen molar-refractivity contribution >= 4 is 40.3 Å². The average Bonchev–Trinajstić information content (AvgIpc) is 3.28. The number of rotatable bonds is 6. The van der Waals surface area contributed by atoms with Gasteiger partial charge in [-0.1, -0.05) is 12.5 Å². The van der Waals surface area contributed by atoms with Crippen molar-refractivity contribution in [3.8, 4) is 0 Å². The van der Waals surface area contributed by atoms with E-state index in [0.717, 1.165) is 41.6 Å². The Kier molecular flexibility index (Phi) is 4.80. The number of nitrogens with one attached hydrogen (secondary N) is 3. The van der Waals surface area contributed by atoms with Gasteiger partial charge in [0.25, 0.3) is 0 Å². The molecule has 0 bridgehead atoms. The molecule has 3 amide bonds. The van der Waals surface area contributed by atoms with Gasteiger partial charge in [-0.2, -0.15) is 11.8 Å². The van der Waals surface area contributed by atoms with E-state index in [-0.39, 0.29) is 24.0 Å². The number of aromatic nitrogens is 1. The average molecular weight is 372 g/mol. The zero-order valence-electron chi connectivity index (χ0n) is 14.8. The maximum atomic E-state index is 12.3. The Morgan fingerprint density at radius 3 is 3.08 bits per heavy atom. The maximum Gasteiger partial charge on any atom is 0.315 e. The van der Waals surface area contributed by atoms with Crippen molar-refractivity contribution in [2.45, 2.75) is 43.0 Å². The van der Waals surface area contributed by atoms with Crippen molar-refractivity contribution in [3.05, 3.63) is 30.5 Å². The fourth-order valence-corrected chi connectivity index (χ4v) is 5.44. The van der Waals surface area contributed by atoms with E-state index in [2.05, 4.69) is 16.0 Å². The second-order valence-corrected chi connectivity index (χ2v) is 8.35. The highest BCUT2D eigenvalue weighted by atomic mass is 32.2. The number of amides is 3. The van der Waals surface area contributed by atoms with E-state index in [4.69, 9.17) is 0 Å². The number of carbonyl (C=O) groups excluding carboxylic acids is 2. The van der Waals surface area contributed by atoms with Crippen LogP contribution in [-0.4, -0.2) is 39.6 Å². The molecular weight excluding hydrogens is 348 g/mol. The number of fused-ring (bicyclic) bond motifs is 2. The molecule has 0 saturated carbocycles. The minimum absolute atomic E-state index is 0.0419. The summed E-state index contributed by atoms with van der Waals surface area (Å²) in [5.41, 5.74) is 1.99. The number of hydrogen-bond donors (Lipinski definition) is 3. The van der Waals surface area contributed by atoms with Gasteiger partial charge in [-0.3, -0.25) is 4.79 Å². The summed E-state index contributed by atoms with van der Waals surface area (Å²) < 4.78 is 2.05. The largest absolute Gasteiger partial charge is 0.350 e. The number of aryl methyl sites for hydroxylation is 1. The number of unbranched alkanes of at least 4 members (excludes halogenated alkanes) is 1. The molecule has 7 heteroatoms. The smallest absolute Gasteiger partial charge is 0.315 e. The molecule has 138 valence electrons. The minimum atomic E-state index is -0.0419. The summed E-state index contributed by atoms with van der Waals surface area (Å²) >= 11 is 1.92. The summed E-state index contributed by atoms with van der Waals surface area (Å²) in [6.07, 6.45) is 5.43. The molecule has 26 heavy (non-hydrogen) atoms. The minimum Gasteiger partial charge on any atom is -0.350 e. The molecule has 2 saturated heterocycles. The van der Waals surface area contributed by atoms with E-state index in [0.29, 0.717) is 11.7 Å². The summed E-state index contributed by atoms with van der Waals surface area (Å²) in [5, 5.41) is 10.6. The highest BCUT2D eigenvalue weighted by Crippen LogP contribution is 2.33. The Labute approximate surface area is 157 Å². The normalized spacial score (nSPS) is 24.3. The molecule has 2 fully saturated rings. The van der Waals surface area contributed by atoms with Crippen molar-refractivity contribution in [1.29, 1.82) is 0 Å². The predicted molar refractivity (Wildman–Crippen MR) is 106 cm³/mol. The lowest BCUT2D eigenvalue weighted by molar-refractivity contribution is -0.116. The number of anilines is 1. The van der Waals surface area contributed by atoms with E-state index in [1.54, 1.807) is 0 Å². The Hall–Kier alpha value is -2.15. The van der Waals surface area contributed by atoms with Gasteiger partial charge >= 0.3 is 6.03 Å². The molecule has 3 atom stereocenters. The Balaban J connectivity index is 1.24. The highest BCUT2D eigenvalue weighted by Gasteiger charge is 2.42. The second kappa shape index (κ2) is 7.23. The number of hydrogen-bond acceptors (Lipinski definition) is 3. The first-order valence-electron chi connectivity index (χ1n) is 9.14. The van der Waals surface area contributed by atoms with Gasteiger partial charge in [-0.05, 0) is 31.0 Å². The third-order valence-corrected chi connectivity index (χ3v) is 6.79. The van der Waals surface area contributed by atoms with Crippen LogP contribution in [0.3, 0.4) is 0 Å². The second-order valence-electron chi connectivity index (χ2n) is 7.08. The summed E-state index contributed by atoms with van der Waals surface area (Å²) in [5.74, 6) is 1.05. The topological polar surface area (TPSA) is 75.2 Å². The van der Waals surface area contributed by atoms with Crippen LogP contribution in [0.5, 0.6) is 0 Å². The van der Waals surface area contributed by atoms with Crippen LogP contribution < -0.4 is 16.0 Å². The van der Waals surface area contributed by atoms with Crippen LogP contribution in [0.4, 0.5) is 10.5 Å². The molecule has 3 N–H and O–H groups in total. The Morgan fingerprint density at radius 2 is 2.19 bits per heavy atom. The molecule has 4 rings (SSSR count). The van der Waals surface area contributed by atoms with E-state index in [1.807, 2.05) is 53.8 Å². The van der Waals surface area contributed by atoms with E-state index >= 15 is 0 Å². The number of urea groups is 1. The highest BCUT2D eigenvalue weighted by molar-refractivity contribution is 8.00. The fraction of sp³-hybridized carbons (Fsp3) is 0.474. The molecular formula is C19H24N4O2S. The van der Waals surface area contributed by atoms with Gasteiger partial charge in [0.15, 0.2) is 0 Å². The van der Waals surface area contributed by atoms with Gasteiger partial charge in [0.2, 0.25) is 5.91 Å². The maximum absolute atomic E-state index is 12.3.